The average Bonchev–Trinajstić information content (AvgIpc) is 2.26. The standard InChI is InChI=1S/C14H15F4N/c1-9-5-4-8-19(2)13(9)10-6-3-7-11(15)12(10)14(16,17)18/h3,6-7,13H,1,4-5,8H2,2H3. The fraction of sp³-hybridized carbons (Fsp3) is 0.429. The van der Waals surface area contributed by atoms with Gasteiger partial charge in [0.05, 0.1) is 11.6 Å². The van der Waals surface area contributed by atoms with Crippen LogP contribution in [0.25, 0.3) is 0 Å². The fourth-order valence-corrected chi connectivity index (χ4v) is 2.66. The summed E-state index contributed by atoms with van der Waals surface area (Å²) in [7, 11) is 1.74. The van der Waals surface area contributed by atoms with Crippen LogP contribution in [0.3, 0.4) is 0 Å². The third-order valence-electron chi connectivity index (χ3n) is 3.46. The first-order valence-corrected chi connectivity index (χ1v) is 6.06. The first-order valence-electron chi connectivity index (χ1n) is 6.06. The van der Waals surface area contributed by atoms with E-state index in [1.165, 1.54) is 12.1 Å². The molecule has 1 unspecified atom stereocenters. The molecule has 2 rings (SSSR count). The zero-order chi connectivity index (χ0) is 14.2. The van der Waals surface area contributed by atoms with Crippen molar-refractivity contribution in [3.8, 4) is 0 Å². The molecule has 0 aromatic heterocycles. The normalized spacial score (nSPS) is 21.7. The summed E-state index contributed by atoms with van der Waals surface area (Å²) in [6, 6.07) is 2.93. The van der Waals surface area contributed by atoms with E-state index in [0.29, 0.717) is 18.5 Å². The predicted molar refractivity (Wildman–Crippen MR) is 65.1 cm³/mol. The molecule has 104 valence electrons. The van der Waals surface area contributed by atoms with Gasteiger partial charge in [0.25, 0.3) is 0 Å². The average molecular weight is 273 g/mol. The Bertz CT molecular complexity index is 493. The summed E-state index contributed by atoms with van der Waals surface area (Å²) in [5, 5.41) is 0. The third-order valence-corrected chi connectivity index (χ3v) is 3.46. The first kappa shape index (κ1) is 14.1. The van der Waals surface area contributed by atoms with Crippen LogP contribution in [0.2, 0.25) is 0 Å². The lowest BCUT2D eigenvalue weighted by Crippen LogP contribution is -2.32. The number of hydrogen-bond donors (Lipinski definition) is 0. The summed E-state index contributed by atoms with van der Waals surface area (Å²) in [5.74, 6) is -1.23. The van der Waals surface area contributed by atoms with Gasteiger partial charge in [0.15, 0.2) is 0 Å². The van der Waals surface area contributed by atoms with Crippen LogP contribution in [0.1, 0.15) is 30.0 Å². The molecule has 1 aromatic carbocycles. The molecule has 1 aliphatic rings. The predicted octanol–water partition coefficient (Wildman–Crippen LogP) is 4.17. The number of rotatable bonds is 1. The quantitative estimate of drug-likeness (QED) is 0.548. The number of alkyl halides is 3. The van der Waals surface area contributed by atoms with Crippen LogP contribution in [-0.4, -0.2) is 18.5 Å². The highest BCUT2D eigenvalue weighted by atomic mass is 19.4. The van der Waals surface area contributed by atoms with Crippen molar-refractivity contribution in [2.24, 2.45) is 0 Å². The molecular formula is C14H15F4N. The molecule has 19 heavy (non-hydrogen) atoms. The molecule has 5 heteroatoms. The number of hydrogen-bond acceptors (Lipinski definition) is 1. The largest absolute Gasteiger partial charge is 0.419 e. The summed E-state index contributed by atoms with van der Waals surface area (Å²) in [4.78, 5) is 1.79. The van der Waals surface area contributed by atoms with Gasteiger partial charge in [0.2, 0.25) is 0 Å². The minimum Gasteiger partial charge on any atom is -0.296 e. The minimum absolute atomic E-state index is 0.0419. The highest BCUT2D eigenvalue weighted by molar-refractivity contribution is 5.38. The molecule has 0 bridgehead atoms. The Morgan fingerprint density at radius 2 is 2.00 bits per heavy atom. The number of halogens is 4. The molecule has 1 heterocycles. The summed E-state index contributed by atoms with van der Waals surface area (Å²) in [5.41, 5.74) is -0.514. The van der Waals surface area contributed by atoms with Gasteiger partial charge >= 0.3 is 6.18 Å². The van der Waals surface area contributed by atoms with Crippen LogP contribution >= 0.6 is 0 Å². The van der Waals surface area contributed by atoms with Gasteiger partial charge in [-0.25, -0.2) is 4.39 Å². The Morgan fingerprint density at radius 3 is 2.58 bits per heavy atom. The molecule has 1 atom stereocenters. The number of benzene rings is 1. The van der Waals surface area contributed by atoms with Gasteiger partial charge in [-0.05, 0) is 38.1 Å². The van der Waals surface area contributed by atoms with E-state index in [4.69, 9.17) is 0 Å². The monoisotopic (exact) mass is 273 g/mol. The second kappa shape index (κ2) is 4.96. The van der Waals surface area contributed by atoms with Crippen LogP contribution in [0, 0.1) is 5.82 Å². The molecule has 1 nitrogen and oxygen atoms in total. The van der Waals surface area contributed by atoms with E-state index in [-0.39, 0.29) is 5.56 Å². The van der Waals surface area contributed by atoms with Crippen molar-refractivity contribution in [1.82, 2.24) is 4.90 Å². The second-order valence-electron chi connectivity index (χ2n) is 4.85. The lowest BCUT2D eigenvalue weighted by molar-refractivity contribution is -0.141. The minimum atomic E-state index is -4.70. The van der Waals surface area contributed by atoms with Gasteiger partial charge in [0, 0.05) is 0 Å². The van der Waals surface area contributed by atoms with Gasteiger partial charge in [-0.15, -0.1) is 0 Å². The number of nitrogens with zero attached hydrogens (tertiary/aromatic N) is 1. The van der Waals surface area contributed by atoms with E-state index in [9.17, 15) is 17.6 Å². The second-order valence-corrected chi connectivity index (χ2v) is 4.85. The number of likely N-dealkylation sites (N-methyl/N-ethyl adjacent to an activating group) is 1. The zero-order valence-corrected chi connectivity index (χ0v) is 10.6. The molecule has 0 saturated carbocycles. The van der Waals surface area contributed by atoms with E-state index < -0.39 is 23.6 Å². The summed E-state index contributed by atoms with van der Waals surface area (Å²) in [6.45, 7) is 4.52. The maximum Gasteiger partial charge on any atom is 0.419 e. The summed E-state index contributed by atoms with van der Waals surface area (Å²) < 4.78 is 52.7. The van der Waals surface area contributed by atoms with Crippen LogP contribution in [0.15, 0.2) is 30.4 Å². The number of likely N-dealkylation sites (tertiary alicyclic amines) is 1. The molecule has 1 fully saturated rings. The molecular weight excluding hydrogens is 258 g/mol. The SMILES string of the molecule is C=C1CCCN(C)C1c1cccc(F)c1C(F)(F)F. The van der Waals surface area contributed by atoms with Crippen molar-refractivity contribution in [3.63, 3.8) is 0 Å². The smallest absolute Gasteiger partial charge is 0.296 e. The Labute approximate surface area is 109 Å². The topological polar surface area (TPSA) is 3.24 Å². The Kier molecular flexibility index (Phi) is 3.67. The molecule has 1 aliphatic heterocycles. The highest BCUT2D eigenvalue weighted by Gasteiger charge is 2.40. The van der Waals surface area contributed by atoms with E-state index in [1.54, 1.807) is 11.9 Å². The van der Waals surface area contributed by atoms with Crippen LogP contribution in [0.4, 0.5) is 17.6 Å². The summed E-state index contributed by atoms with van der Waals surface area (Å²) >= 11 is 0. The maximum absolute atomic E-state index is 13.6. The van der Waals surface area contributed by atoms with E-state index in [2.05, 4.69) is 6.58 Å². The van der Waals surface area contributed by atoms with Crippen molar-refractivity contribution in [3.05, 3.63) is 47.3 Å². The lowest BCUT2D eigenvalue weighted by Gasteiger charge is -2.36. The van der Waals surface area contributed by atoms with Crippen molar-refractivity contribution in [2.45, 2.75) is 25.1 Å². The first-order chi connectivity index (χ1) is 8.82. The van der Waals surface area contributed by atoms with Crippen LogP contribution in [0.5, 0.6) is 0 Å². The van der Waals surface area contributed by atoms with E-state index >= 15 is 0 Å². The third kappa shape index (κ3) is 2.66. The molecule has 1 aromatic rings. The van der Waals surface area contributed by atoms with E-state index in [1.807, 2.05) is 0 Å². The van der Waals surface area contributed by atoms with Gasteiger partial charge in [0.1, 0.15) is 5.82 Å². The van der Waals surface area contributed by atoms with Crippen LogP contribution < -0.4 is 0 Å². The Morgan fingerprint density at radius 1 is 1.32 bits per heavy atom. The summed E-state index contributed by atoms with van der Waals surface area (Å²) in [6.07, 6.45) is -3.16. The molecule has 1 saturated heterocycles. The molecule has 0 amide bonds. The molecule has 0 spiro atoms. The van der Waals surface area contributed by atoms with Gasteiger partial charge < -0.3 is 0 Å². The Hall–Kier alpha value is -1.36. The lowest BCUT2D eigenvalue weighted by atomic mass is 9.88. The Balaban J connectivity index is 2.56. The molecule has 0 aliphatic carbocycles. The number of piperidine rings is 1. The van der Waals surface area contributed by atoms with Gasteiger partial charge in [-0.1, -0.05) is 24.3 Å². The van der Waals surface area contributed by atoms with Crippen molar-refractivity contribution < 1.29 is 17.6 Å². The van der Waals surface area contributed by atoms with Gasteiger partial charge in [-0.2, -0.15) is 13.2 Å². The highest BCUT2D eigenvalue weighted by Crippen LogP contribution is 2.41. The van der Waals surface area contributed by atoms with Crippen molar-refractivity contribution in [1.29, 1.82) is 0 Å². The van der Waals surface area contributed by atoms with Gasteiger partial charge in [-0.3, -0.25) is 4.90 Å². The fourth-order valence-electron chi connectivity index (χ4n) is 2.66. The maximum atomic E-state index is 13.6. The molecule has 0 radical (unpaired) electrons. The van der Waals surface area contributed by atoms with Crippen molar-refractivity contribution >= 4 is 0 Å². The van der Waals surface area contributed by atoms with E-state index in [0.717, 1.165) is 12.5 Å². The van der Waals surface area contributed by atoms with Crippen molar-refractivity contribution in [2.75, 3.05) is 13.6 Å². The molecule has 0 N–H and O–H groups in total. The zero-order valence-electron chi connectivity index (χ0n) is 10.6. The van der Waals surface area contributed by atoms with Crippen LogP contribution in [-0.2, 0) is 6.18 Å².